The highest BCUT2D eigenvalue weighted by Crippen LogP contribution is 2.44. The molecule has 0 N–H and O–H groups in total. The number of nitrogens with zero attached hydrogens (tertiary/aromatic N) is 1. The van der Waals surface area contributed by atoms with Gasteiger partial charge in [0.2, 0.25) is 0 Å². The van der Waals surface area contributed by atoms with Crippen molar-refractivity contribution in [1.29, 1.82) is 0 Å². The third kappa shape index (κ3) is 2.38. The van der Waals surface area contributed by atoms with Crippen LogP contribution in [0.3, 0.4) is 0 Å². The fourth-order valence-electron chi connectivity index (χ4n) is 3.08. The molecule has 0 fully saturated rings. The maximum atomic E-state index is 13.6. The van der Waals surface area contributed by atoms with Crippen LogP contribution >= 0.6 is 0 Å². The van der Waals surface area contributed by atoms with Crippen molar-refractivity contribution in [3.8, 4) is 0 Å². The highest BCUT2D eigenvalue weighted by molar-refractivity contribution is 7.93. The van der Waals surface area contributed by atoms with Gasteiger partial charge in [-0.3, -0.25) is 0 Å². The number of fused-ring (bicyclic) bond motifs is 1. The number of rotatable bonds is 2. The Morgan fingerprint density at radius 2 is 1.73 bits per heavy atom. The van der Waals surface area contributed by atoms with E-state index in [2.05, 4.69) is 31.2 Å². The lowest BCUT2D eigenvalue weighted by Crippen LogP contribution is -2.38. The van der Waals surface area contributed by atoms with Gasteiger partial charge >= 0.3 is 0 Å². The highest BCUT2D eigenvalue weighted by Gasteiger charge is 2.40. The Labute approximate surface area is 133 Å². The fraction of sp³-hybridized carbons (Fsp3) is 0.368. The van der Waals surface area contributed by atoms with Crippen molar-refractivity contribution in [1.82, 2.24) is 0 Å². The summed E-state index contributed by atoms with van der Waals surface area (Å²) in [6.07, 6.45) is 0. The minimum absolute atomic E-state index is 0.125. The number of hydrogen-bond donors (Lipinski definition) is 0. The molecule has 2 atom stereocenters. The summed E-state index contributed by atoms with van der Waals surface area (Å²) in [6.45, 7) is 8.68. The molecule has 1 aliphatic rings. The molecule has 2 aromatic rings. The van der Waals surface area contributed by atoms with Gasteiger partial charge in [-0.15, -0.1) is 0 Å². The van der Waals surface area contributed by atoms with E-state index in [0.29, 0.717) is 11.7 Å². The Bertz CT molecular complexity index is 814. The van der Waals surface area contributed by atoms with Crippen molar-refractivity contribution in [2.24, 2.45) is 10.3 Å². The Balaban J connectivity index is 2.25. The third-order valence-corrected chi connectivity index (χ3v) is 7.42. The van der Waals surface area contributed by atoms with Crippen LogP contribution in [0.15, 0.2) is 57.8 Å². The number of aryl methyl sites for hydroxylation is 1. The molecule has 0 amide bonds. The molecule has 0 radical (unpaired) electrons. The molecule has 0 saturated heterocycles. The van der Waals surface area contributed by atoms with Gasteiger partial charge in [0, 0.05) is 16.1 Å². The summed E-state index contributed by atoms with van der Waals surface area (Å²) in [7, 11) is -2.43. The molecular weight excluding hydrogens is 290 g/mol. The van der Waals surface area contributed by atoms with Crippen LogP contribution in [0.4, 0.5) is 5.69 Å². The molecule has 1 aliphatic heterocycles. The fourth-order valence-corrected chi connectivity index (χ4v) is 5.75. The molecule has 3 rings (SSSR count). The lowest BCUT2D eigenvalue weighted by molar-refractivity contribution is 0.374. The monoisotopic (exact) mass is 313 g/mol. The van der Waals surface area contributed by atoms with E-state index in [-0.39, 0.29) is 5.41 Å². The first-order valence-electron chi connectivity index (χ1n) is 7.76. The van der Waals surface area contributed by atoms with Crippen LogP contribution in [0, 0.1) is 12.8 Å². The zero-order chi connectivity index (χ0) is 16.0. The standard InChI is InChI=1S/C19H23NOS/c1-14(2)19(4)13-22(21,16-11-9-15(3)10-12-16)20-18-8-6-5-7-17(18)19/h5-12,14H,13H2,1-4H3/t19-,22?/m1/s1. The lowest BCUT2D eigenvalue weighted by Gasteiger charge is -2.39. The van der Waals surface area contributed by atoms with Crippen LogP contribution < -0.4 is 0 Å². The summed E-state index contributed by atoms with van der Waals surface area (Å²) in [5.41, 5.74) is 3.15. The first kappa shape index (κ1) is 15.3. The molecule has 22 heavy (non-hydrogen) atoms. The van der Waals surface area contributed by atoms with Gasteiger partial charge in [-0.25, -0.2) is 4.21 Å². The first-order chi connectivity index (χ1) is 10.3. The molecule has 1 unspecified atom stereocenters. The van der Waals surface area contributed by atoms with E-state index in [9.17, 15) is 4.21 Å². The van der Waals surface area contributed by atoms with E-state index in [1.54, 1.807) is 0 Å². The van der Waals surface area contributed by atoms with Gasteiger partial charge in [0.25, 0.3) is 0 Å². The highest BCUT2D eigenvalue weighted by atomic mass is 32.2. The van der Waals surface area contributed by atoms with Gasteiger partial charge in [0.15, 0.2) is 0 Å². The van der Waals surface area contributed by atoms with E-state index < -0.39 is 9.73 Å². The quantitative estimate of drug-likeness (QED) is 0.760. The second-order valence-corrected chi connectivity index (χ2v) is 9.00. The summed E-state index contributed by atoms with van der Waals surface area (Å²) in [5, 5.41) is 0. The topological polar surface area (TPSA) is 29.4 Å². The van der Waals surface area contributed by atoms with Crippen molar-refractivity contribution < 1.29 is 4.21 Å². The van der Waals surface area contributed by atoms with E-state index in [1.807, 2.05) is 49.4 Å². The smallest absolute Gasteiger partial charge is 0.0809 e. The average molecular weight is 313 g/mol. The van der Waals surface area contributed by atoms with Gasteiger partial charge in [0.05, 0.1) is 15.4 Å². The van der Waals surface area contributed by atoms with E-state index in [4.69, 9.17) is 0 Å². The van der Waals surface area contributed by atoms with Crippen LogP contribution in [-0.4, -0.2) is 9.96 Å². The van der Waals surface area contributed by atoms with Crippen molar-refractivity contribution in [2.75, 3.05) is 5.75 Å². The zero-order valence-corrected chi connectivity index (χ0v) is 14.5. The molecule has 0 saturated carbocycles. The molecule has 2 aromatic carbocycles. The molecule has 0 aromatic heterocycles. The molecule has 1 heterocycles. The van der Waals surface area contributed by atoms with Crippen molar-refractivity contribution >= 4 is 15.4 Å². The second-order valence-electron chi connectivity index (χ2n) is 6.78. The minimum Gasteiger partial charge on any atom is -0.244 e. The largest absolute Gasteiger partial charge is 0.244 e. The van der Waals surface area contributed by atoms with Crippen molar-refractivity contribution in [3.05, 3.63) is 59.7 Å². The normalized spacial score (nSPS) is 27.3. The van der Waals surface area contributed by atoms with Gasteiger partial charge in [-0.2, -0.15) is 4.36 Å². The molecule has 2 nitrogen and oxygen atoms in total. The van der Waals surface area contributed by atoms with Crippen LogP contribution in [-0.2, 0) is 15.1 Å². The van der Waals surface area contributed by atoms with Gasteiger partial charge in [-0.1, -0.05) is 56.7 Å². The summed E-state index contributed by atoms with van der Waals surface area (Å²) in [4.78, 5) is 0.847. The average Bonchev–Trinajstić information content (AvgIpc) is 2.47. The van der Waals surface area contributed by atoms with E-state index >= 15 is 0 Å². The van der Waals surface area contributed by atoms with Crippen molar-refractivity contribution in [2.45, 2.75) is 38.0 Å². The Hall–Kier alpha value is -1.61. The van der Waals surface area contributed by atoms with Gasteiger partial charge < -0.3 is 0 Å². The molecule has 0 aliphatic carbocycles. The molecular formula is C19H23NOS. The maximum absolute atomic E-state index is 13.6. The number of benzene rings is 2. The summed E-state index contributed by atoms with van der Waals surface area (Å²) < 4.78 is 18.3. The molecule has 0 bridgehead atoms. The summed E-state index contributed by atoms with van der Waals surface area (Å²) in [6, 6.07) is 16.1. The maximum Gasteiger partial charge on any atom is 0.0809 e. The van der Waals surface area contributed by atoms with Crippen molar-refractivity contribution in [3.63, 3.8) is 0 Å². The van der Waals surface area contributed by atoms with Crippen LogP contribution in [0.25, 0.3) is 0 Å². The van der Waals surface area contributed by atoms with Gasteiger partial charge in [-0.05, 0) is 36.6 Å². The van der Waals surface area contributed by atoms with E-state index in [0.717, 1.165) is 10.6 Å². The Kier molecular flexibility index (Phi) is 3.64. The van der Waals surface area contributed by atoms with E-state index in [1.165, 1.54) is 11.1 Å². The lowest BCUT2D eigenvalue weighted by atomic mass is 9.74. The Morgan fingerprint density at radius 3 is 2.36 bits per heavy atom. The Morgan fingerprint density at radius 1 is 1.09 bits per heavy atom. The predicted molar refractivity (Wildman–Crippen MR) is 93.2 cm³/mol. The molecule has 3 heteroatoms. The summed E-state index contributed by atoms with van der Waals surface area (Å²) >= 11 is 0. The first-order valence-corrected chi connectivity index (χ1v) is 9.45. The minimum atomic E-state index is -2.43. The summed E-state index contributed by atoms with van der Waals surface area (Å²) in [5.74, 6) is 0.980. The predicted octanol–water partition coefficient (Wildman–Crippen LogP) is 5.08. The van der Waals surface area contributed by atoms with Crippen LogP contribution in [0.2, 0.25) is 0 Å². The van der Waals surface area contributed by atoms with Crippen LogP contribution in [0.5, 0.6) is 0 Å². The molecule has 0 spiro atoms. The number of hydrogen-bond acceptors (Lipinski definition) is 2. The second kappa shape index (κ2) is 5.24. The van der Waals surface area contributed by atoms with Gasteiger partial charge in [0.1, 0.15) is 0 Å². The third-order valence-electron chi connectivity index (χ3n) is 4.92. The van der Waals surface area contributed by atoms with Crippen LogP contribution in [0.1, 0.15) is 31.9 Å². The zero-order valence-electron chi connectivity index (χ0n) is 13.7. The molecule has 116 valence electrons. The SMILES string of the molecule is Cc1ccc(S2(=O)=Nc3ccccc3[C@@](C)(C(C)C)C2)cc1.